The number of nitrogens with zero attached hydrogens (tertiary/aromatic N) is 4. The highest BCUT2D eigenvalue weighted by Crippen LogP contribution is 2.30. The number of fused-ring (bicyclic) bond motifs is 1. The Morgan fingerprint density at radius 1 is 1.26 bits per heavy atom. The van der Waals surface area contributed by atoms with Gasteiger partial charge in [0.1, 0.15) is 12.1 Å². The zero-order valence-electron chi connectivity index (χ0n) is 11.1. The largest absolute Gasteiger partial charge is 0.391 e. The highest BCUT2D eigenvalue weighted by molar-refractivity contribution is 5.85. The summed E-state index contributed by atoms with van der Waals surface area (Å²) < 4.78 is 1.87. The van der Waals surface area contributed by atoms with Crippen LogP contribution in [0.4, 0.5) is 5.82 Å². The van der Waals surface area contributed by atoms with Crippen LogP contribution in [0.2, 0.25) is 0 Å². The summed E-state index contributed by atoms with van der Waals surface area (Å²) in [6, 6.07) is 0.0274. The van der Waals surface area contributed by atoms with Gasteiger partial charge in [-0.15, -0.1) is 0 Å². The van der Waals surface area contributed by atoms with Crippen LogP contribution < -0.4 is 5.32 Å². The normalized spacial score (nSPS) is 24.3. The van der Waals surface area contributed by atoms with Crippen molar-refractivity contribution in [1.29, 1.82) is 0 Å². The first-order valence-electron chi connectivity index (χ1n) is 6.85. The molecular weight excluding hydrogens is 242 g/mol. The molecule has 6 heteroatoms. The molecule has 0 amide bonds. The molecule has 3 rings (SSSR count). The second-order valence-electron chi connectivity index (χ2n) is 5.07. The smallest absolute Gasteiger partial charge is 0.163 e. The third kappa shape index (κ3) is 2.16. The fraction of sp³-hybridized carbons (Fsp3) is 0.615. The minimum Gasteiger partial charge on any atom is -0.391 e. The lowest BCUT2D eigenvalue weighted by atomic mass is 10.1. The standard InChI is InChI=1S/C13H19N5O/c1-14-12-9-7-17-18(13(9)16-8-15-12)10-5-3-2-4-6-11(10)19/h7-8,10-11,19H,2-6H2,1H3,(H,14,15,16). The van der Waals surface area contributed by atoms with Crippen LogP contribution in [-0.2, 0) is 0 Å². The lowest BCUT2D eigenvalue weighted by Crippen LogP contribution is -2.24. The number of aromatic nitrogens is 4. The first-order chi connectivity index (χ1) is 9.31. The van der Waals surface area contributed by atoms with Gasteiger partial charge >= 0.3 is 0 Å². The Bertz CT molecular complexity index is 567. The molecule has 2 aromatic heterocycles. The van der Waals surface area contributed by atoms with Crippen molar-refractivity contribution in [2.75, 3.05) is 12.4 Å². The number of anilines is 1. The van der Waals surface area contributed by atoms with E-state index in [9.17, 15) is 5.11 Å². The van der Waals surface area contributed by atoms with Crippen molar-refractivity contribution in [2.24, 2.45) is 0 Å². The Labute approximate surface area is 111 Å². The Morgan fingerprint density at radius 3 is 2.95 bits per heavy atom. The van der Waals surface area contributed by atoms with E-state index in [0.29, 0.717) is 0 Å². The maximum Gasteiger partial charge on any atom is 0.163 e. The summed E-state index contributed by atoms with van der Waals surface area (Å²) in [5, 5.41) is 18.7. The third-order valence-electron chi connectivity index (χ3n) is 3.89. The maximum absolute atomic E-state index is 10.3. The molecule has 0 aliphatic heterocycles. The highest BCUT2D eigenvalue weighted by atomic mass is 16.3. The first kappa shape index (κ1) is 12.3. The first-order valence-corrected chi connectivity index (χ1v) is 6.85. The molecule has 0 bridgehead atoms. The van der Waals surface area contributed by atoms with Gasteiger partial charge in [-0.25, -0.2) is 14.6 Å². The van der Waals surface area contributed by atoms with Crippen LogP contribution in [0.5, 0.6) is 0 Å². The summed E-state index contributed by atoms with van der Waals surface area (Å²) in [6.07, 6.45) is 8.18. The average molecular weight is 261 g/mol. The zero-order chi connectivity index (χ0) is 13.2. The van der Waals surface area contributed by atoms with E-state index in [1.165, 1.54) is 12.7 Å². The van der Waals surface area contributed by atoms with Crippen LogP contribution >= 0.6 is 0 Å². The van der Waals surface area contributed by atoms with Crippen molar-refractivity contribution < 1.29 is 5.11 Å². The van der Waals surface area contributed by atoms with Crippen LogP contribution in [0.3, 0.4) is 0 Å². The molecule has 2 aromatic rings. The summed E-state index contributed by atoms with van der Waals surface area (Å²) in [6.45, 7) is 0. The summed E-state index contributed by atoms with van der Waals surface area (Å²) in [5.74, 6) is 0.777. The number of aliphatic hydroxyl groups excluding tert-OH is 1. The Kier molecular flexibility index (Phi) is 3.33. The molecule has 1 aliphatic rings. The molecule has 0 saturated heterocycles. The lowest BCUT2D eigenvalue weighted by molar-refractivity contribution is 0.101. The van der Waals surface area contributed by atoms with Gasteiger partial charge in [-0.3, -0.25) is 0 Å². The van der Waals surface area contributed by atoms with Crippen molar-refractivity contribution in [3.8, 4) is 0 Å². The van der Waals surface area contributed by atoms with Crippen LogP contribution in [0, 0.1) is 0 Å². The van der Waals surface area contributed by atoms with Crippen molar-refractivity contribution in [1.82, 2.24) is 19.7 Å². The highest BCUT2D eigenvalue weighted by Gasteiger charge is 2.26. The Hall–Kier alpha value is -1.69. The van der Waals surface area contributed by atoms with Gasteiger partial charge in [0.25, 0.3) is 0 Å². The average Bonchev–Trinajstić information content (AvgIpc) is 2.75. The van der Waals surface area contributed by atoms with Gasteiger partial charge in [0, 0.05) is 7.05 Å². The molecule has 1 fully saturated rings. The second kappa shape index (κ2) is 5.13. The van der Waals surface area contributed by atoms with E-state index in [-0.39, 0.29) is 12.1 Å². The molecule has 6 nitrogen and oxygen atoms in total. The Morgan fingerprint density at radius 2 is 2.11 bits per heavy atom. The number of aliphatic hydroxyl groups is 1. The van der Waals surface area contributed by atoms with E-state index in [2.05, 4.69) is 20.4 Å². The fourth-order valence-electron chi connectivity index (χ4n) is 2.86. The summed E-state index contributed by atoms with van der Waals surface area (Å²) >= 11 is 0. The molecule has 2 unspecified atom stereocenters. The molecule has 2 heterocycles. The van der Waals surface area contributed by atoms with Gasteiger partial charge < -0.3 is 10.4 Å². The van der Waals surface area contributed by atoms with Gasteiger partial charge in [-0.2, -0.15) is 5.10 Å². The monoisotopic (exact) mass is 261 g/mol. The van der Waals surface area contributed by atoms with Crippen molar-refractivity contribution in [2.45, 2.75) is 44.2 Å². The Balaban J connectivity index is 2.04. The van der Waals surface area contributed by atoms with Crippen LogP contribution in [0.1, 0.15) is 38.1 Å². The fourth-order valence-corrected chi connectivity index (χ4v) is 2.86. The SMILES string of the molecule is CNc1ncnc2c1cnn2C1CCCCCC1O. The molecule has 1 saturated carbocycles. The summed E-state index contributed by atoms with van der Waals surface area (Å²) in [7, 11) is 1.83. The lowest BCUT2D eigenvalue weighted by Gasteiger charge is -2.21. The van der Waals surface area contributed by atoms with Crippen molar-refractivity contribution >= 4 is 16.9 Å². The van der Waals surface area contributed by atoms with Crippen molar-refractivity contribution in [3.63, 3.8) is 0 Å². The number of hydrogen-bond acceptors (Lipinski definition) is 5. The van der Waals surface area contributed by atoms with Gasteiger partial charge in [-0.1, -0.05) is 19.3 Å². The van der Waals surface area contributed by atoms with E-state index < -0.39 is 0 Å². The van der Waals surface area contributed by atoms with E-state index >= 15 is 0 Å². The van der Waals surface area contributed by atoms with Gasteiger partial charge in [0.05, 0.1) is 23.7 Å². The number of hydrogen-bond donors (Lipinski definition) is 2. The maximum atomic E-state index is 10.3. The van der Waals surface area contributed by atoms with E-state index in [4.69, 9.17) is 0 Å². The molecular formula is C13H19N5O. The van der Waals surface area contributed by atoms with Gasteiger partial charge in [-0.05, 0) is 12.8 Å². The van der Waals surface area contributed by atoms with Gasteiger partial charge in [0.2, 0.25) is 0 Å². The quantitative estimate of drug-likeness (QED) is 0.805. The molecule has 2 atom stereocenters. The number of nitrogens with one attached hydrogen (secondary N) is 1. The molecule has 2 N–H and O–H groups in total. The molecule has 0 spiro atoms. The second-order valence-corrected chi connectivity index (χ2v) is 5.07. The van der Waals surface area contributed by atoms with E-state index in [1.54, 1.807) is 6.20 Å². The van der Waals surface area contributed by atoms with Crippen molar-refractivity contribution in [3.05, 3.63) is 12.5 Å². The minimum atomic E-state index is -0.335. The molecule has 0 radical (unpaired) electrons. The minimum absolute atomic E-state index is 0.0274. The molecule has 102 valence electrons. The zero-order valence-corrected chi connectivity index (χ0v) is 11.1. The van der Waals surface area contributed by atoms with Crippen LogP contribution in [-0.4, -0.2) is 38.0 Å². The van der Waals surface area contributed by atoms with Crippen LogP contribution in [0.25, 0.3) is 11.0 Å². The van der Waals surface area contributed by atoms with E-state index in [1.807, 2.05) is 11.7 Å². The van der Waals surface area contributed by atoms with E-state index in [0.717, 1.165) is 42.5 Å². The molecule has 1 aliphatic carbocycles. The number of rotatable bonds is 2. The predicted molar refractivity (Wildman–Crippen MR) is 73.0 cm³/mol. The topological polar surface area (TPSA) is 75.9 Å². The molecule has 0 aromatic carbocycles. The van der Waals surface area contributed by atoms with Crippen LogP contribution in [0.15, 0.2) is 12.5 Å². The molecule has 19 heavy (non-hydrogen) atoms. The predicted octanol–water partition coefficient (Wildman–Crippen LogP) is 1.73. The summed E-state index contributed by atoms with van der Waals surface area (Å²) in [4.78, 5) is 8.51. The third-order valence-corrected chi connectivity index (χ3v) is 3.89. The van der Waals surface area contributed by atoms with Gasteiger partial charge in [0.15, 0.2) is 5.65 Å². The summed E-state index contributed by atoms with van der Waals surface area (Å²) in [5.41, 5.74) is 0.797.